The Balaban J connectivity index is 2.62. The number of nitrogens with zero attached hydrogens (tertiary/aromatic N) is 2. The van der Waals surface area contributed by atoms with Gasteiger partial charge < -0.3 is 15.4 Å². The lowest BCUT2D eigenvalue weighted by Gasteiger charge is -2.39. The number of rotatable bonds is 1. The molecule has 0 aromatic carbocycles. The third-order valence-electron chi connectivity index (χ3n) is 2.63. The van der Waals surface area contributed by atoms with Crippen molar-refractivity contribution in [1.82, 2.24) is 9.80 Å². The number of likely N-dealkylation sites (N-methyl/N-ethyl adjacent to an activating group) is 1. The molecule has 17 heavy (non-hydrogen) atoms. The van der Waals surface area contributed by atoms with Crippen molar-refractivity contribution < 1.29 is 9.53 Å². The summed E-state index contributed by atoms with van der Waals surface area (Å²) in [6.07, 6.45) is -0.299. The van der Waals surface area contributed by atoms with Gasteiger partial charge in [-0.25, -0.2) is 4.79 Å². The number of carbonyl (C=O) groups is 1. The molecule has 5 nitrogen and oxygen atoms in total. The van der Waals surface area contributed by atoms with Crippen molar-refractivity contribution in [2.24, 2.45) is 5.73 Å². The van der Waals surface area contributed by atoms with Crippen molar-refractivity contribution in [2.45, 2.75) is 32.4 Å². The van der Waals surface area contributed by atoms with Crippen LogP contribution in [-0.2, 0) is 4.74 Å². The van der Waals surface area contributed by atoms with Gasteiger partial charge in [-0.3, -0.25) is 4.90 Å². The van der Waals surface area contributed by atoms with Crippen molar-refractivity contribution >= 4 is 23.3 Å². The molecule has 0 saturated carbocycles. The lowest BCUT2D eigenvalue weighted by molar-refractivity contribution is 0.0130. The second kappa shape index (κ2) is 5.18. The van der Waals surface area contributed by atoms with E-state index < -0.39 is 5.60 Å². The molecule has 1 unspecified atom stereocenters. The molecule has 2 N–H and O–H groups in total. The van der Waals surface area contributed by atoms with Crippen molar-refractivity contribution in [1.29, 1.82) is 0 Å². The summed E-state index contributed by atoms with van der Waals surface area (Å²) in [5.41, 5.74) is 5.19. The first-order valence-corrected chi connectivity index (χ1v) is 6.09. The number of nitrogens with two attached hydrogens (primary N) is 1. The van der Waals surface area contributed by atoms with Crippen molar-refractivity contribution in [3.63, 3.8) is 0 Å². The maximum atomic E-state index is 11.9. The fourth-order valence-electron chi connectivity index (χ4n) is 1.67. The molecule has 0 radical (unpaired) electrons. The standard InChI is InChI=1S/C11H21N3O2S/c1-11(2,3)16-10(15)14-6-5-13(4)8(7-14)9(12)17/h8H,5-7H2,1-4H3,(H2,12,17). The minimum Gasteiger partial charge on any atom is -0.444 e. The molecular formula is C11H21N3O2S. The van der Waals surface area contributed by atoms with Crippen molar-refractivity contribution in [3.05, 3.63) is 0 Å². The van der Waals surface area contributed by atoms with Crippen LogP contribution in [0.4, 0.5) is 4.79 Å². The van der Waals surface area contributed by atoms with Gasteiger partial charge >= 0.3 is 6.09 Å². The van der Waals surface area contributed by atoms with E-state index in [1.807, 2.05) is 27.8 Å². The van der Waals surface area contributed by atoms with Crippen LogP contribution in [0.15, 0.2) is 0 Å². The number of hydrogen-bond acceptors (Lipinski definition) is 4. The van der Waals surface area contributed by atoms with Crippen LogP contribution < -0.4 is 5.73 Å². The Morgan fingerprint density at radius 1 is 1.41 bits per heavy atom. The monoisotopic (exact) mass is 259 g/mol. The van der Waals surface area contributed by atoms with Crippen LogP contribution in [-0.4, -0.2) is 59.2 Å². The molecule has 98 valence electrons. The number of ether oxygens (including phenoxy) is 1. The molecule has 1 aliphatic heterocycles. The maximum absolute atomic E-state index is 11.9. The highest BCUT2D eigenvalue weighted by Crippen LogP contribution is 2.14. The number of amides is 1. The topological polar surface area (TPSA) is 58.8 Å². The Labute approximate surface area is 108 Å². The van der Waals surface area contributed by atoms with Gasteiger partial charge in [-0.1, -0.05) is 12.2 Å². The normalized spacial score (nSPS) is 22.4. The molecule has 1 aliphatic rings. The van der Waals surface area contributed by atoms with Gasteiger partial charge in [0.2, 0.25) is 0 Å². The summed E-state index contributed by atoms with van der Waals surface area (Å²) in [6, 6.07) is -0.0636. The van der Waals surface area contributed by atoms with Crippen LogP contribution in [0.25, 0.3) is 0 Å². The van der Waals surface area contributed by atoms with Crippen LogP contribution in [0, 0.1) is 0 Å². The second-order valence-electron chi connectivity index (χ2n) is 5.33. The van der Waals surface area contributed by atoms with Crippen LogP contribution in [0.2, 0.25) is 0 Å². The predicted octanol–water partition coefficient (Wildman–Crippen LogP) is 0.824. The predicted molar refractivity (Wildman–Crippen MR) is 71.0 cm³/mol. The average Bonchev–Trinajstić information content (AvgIpc) is 2.14. The SMILES string of the molecule is CN1CCN(C(=O)OC(C)(C)C)CC1C(N)=S. The van der Waals surface area contributed by atoms with E-state index in [2.05, 4.69) is 4.90 Å². The maximum Gasteiger partial charge on any atom is 0.410 e. The van der Waals surface area contributed by atoms with E-state index in [-0.39, 0.29) is 12.1 Å². The summed E-state index contributed by atoms with van der Waals surface area (Å²) >= 11 is 5.00. The third kappa shape index (κ3) is 4.12. The lowest BCUT2D eigenvalue weighted by atomic mass is 10.2. The highest BCUT2D eigenvalue weighted by Gasteiger charge is 2.31. The van der Waals surface area contributed by atoms with E-state index >= 15 is 0 Å². The van der Waals surface area contributed by atoms with Gasteiger partial charge in [-0.05, 0) is 27.8 Å². The minimum absolute atomic E-state index is 0.0636. The Morgan fingerprint density at radius 2 is 2.00 bits per heavy atom. The molecular weight excluding hydrogens is 238 g/mol. The molecule has 0 bridgehead atoms. The first kappa shape index (κ1) is 14.2. The van der Waals surface area contributed by atoms with Gasteiger partial charge in [0.05, 0.1) is 11.0 Å². The van der Waals surface area contributed by atoms with Crippen LogP contribution in [0.1, 0.15) is 20.8 Å². The summed E-state index contributed by atoms with van der Waals surface area (Å²) in [5.74, 6) is 0. The molecule has 1 saturated heterocycles. The van der Waals surface area contributed by atoms with Gasteiger partial charge in [0, 0.05) is 19.6 Å². The first-order chi connectivity index (χ1) is 7.70. The smallest absolute Gasteiger partial charge is 0.410 e. The number of piperazine rings is 1. The van der Waals surface area contributed by atoms with Gasteiger partial charge in [-0.2, -0.15) is 0 Å². The average molecular weight is 259 g/mol. The van der Waals surface area contributed by atoms with E-state index in [0.717, 1.165) is 6.54 Å². The van der Waals surface area contributed by atoms with Crippen molar-refractivity contribution in [2.75, 3.05) is 26.7 Å². The largest absolute Gasteiger partial charge is 0.444 e. The number of carbonyl (C=O) groups excluding carboxylic acids is 1. The van der Waals surface area contributed by atoms with Crippen molar-refractivity contribution in [3.8, 4) is 0 Å². The summed E-state index contributed by atoms with van der Waals surface area (Å²) < 4.78 is 5.32. The van der Waals surface area contributed by atoms with E-state index in [9.17, 15) is 4.79 Å². The molecule has 1 atom stereocenters. The Morgan fingerprint density at radius 3 is 2.47 bits per heavy atom. The molecule has 0 spiro atoms. The fourth-order valence-corrected chi connectivity index (χ4v) is 1.93. The summed E-state index contributed by atoms with van der Waals surface area (Å²) in [5, 5.41) is 0. The Kier molecular flexibility index (Phi) is 4.32. The molecule has 1 heterocycles. The first-order valence-electron chi connectivity index (χ1n) is 5.68. The summed E-state index contributed by atoms with van der Waals surface area (Å²) in [4.78, 5) is 16.0. The zero-order valence-corrected chi connectivity index (χ0v) is 11.7. The minimum atomic E-state index is -0.473. The number of thiocarbonyl (C=S) groups is 1. The number of hydrogen-bond donors (Lipinski definition) is 1. The van der Waals surface area contributed by atoms with Gasteiger partial charge in [0.15, 0.2) is 0 Å². The molecule has 6 heteroatoms. The lowest BCUT2D eigenvalue weighted by Crippen LogP contribution is -2.58. The molecule has 1 rings (SSSR count). The van der Waals surface area contributed by atoms with E-state index in [4.69, 9.17) is 22.7 Å². The van der Waals surface area contributed by atoms with Crippen LogP contribution in [0.3, 0.4) is 0 Å². The highest BCUT2D eigenvalue weighted by atomic mass is 32.1. The molecule has 0 aromatic rings. The van der Waals surface area contributed by atoms with E-state index in [1.165, 1.54) is 0 Å². The van der Waals surface area contributed by atoms with E-state index in [0.29, 0.717) is 18.1 Å². The zero-order chi connectivity index (χ0) is 13.2. The zero-order valence-electron chi connectivity index (χ0n) is 10.9. The highest BCUT2D eigenvalue weighted by molar-refractivity contribution is 7.80. The van der Waals surface area contributed by atoms with Gasteiger partial charge in [0.25, 0.3) is 0 Å². The molecule has 1 fully saturated rings. The van der Waals surface area contributed by atoms with Crippen LogP contribution >= 0.6 is 12.2 Å². The van der Waals surface area contributed by atoms with Gasteiger partial charge in [0.1, 0.15) is 5.60 Å². The summed E-state index contributed by atoms with van der Waals surface area (Å²) in [6.45, 7) is 7.45. The molecule has 0 aromatic heterocycles. The molecule has 1 amide bonds. The molecule has 0 aliphatic carbocycles. The Bertz CT molecular complexity index is 314. The second-order valence-corrected chi connectivity index (χ2v) is 5.80. The van der Waals surface area contributed by atoms with E-state index in [1.54, 1.807) is 4.90 Å². The fraction of sp³-hybridized carbons (Fsp3) is 0.818. The van der Waals surface area contributed by atoms with Gasteiger partial charge in [-0.15, -0.1) is 0 Å². The summed E-state index contributed by atoms with van der Waals surface area (Å²) in [7, 11) is 1.95. The third-order valence-corrected chi connectivity index (χ3v) is 2.90. The van der Waals surface area contributed by atoms with Crippen LogP contribution in [0.5, 0.6) is 0 Å². The quantitative estimate of drug-likeness (QED) is 0.707. The Hall–Kier alpha value is -0.880.